The summed E-state index contributed by atoms with van der Waals surface area (Å²) in [6.07, 6.45) is 1.40. The number of rotatable bonds is 3. The van der Waals surface area contributed by atoms with Crippen LogP contribution in [0.2, 0.25) is 5.22 Å². The van der Waals surface area contributed by atoms with Crippen LogP contribution in [0.1, 0.15) is 20.1 Å². The summed E-state index contributed by atoms with van der Waals surface area (Å²) < 4.78 is 4.85. The van der Waals surface area contributed by atoms with Crippen LogP contribution >= 0.6 is 22.9 Å². The lowest BCUT2D eigenvalue weighted by Gasteiger charge is -2.01. The standard InChI is InChI=1S/C11H10ClNO2S/c1-7-2-3-8(16-7)6-13-11(14)9-4-5-15-10(9)12/h2-5H,6H2,1H3,(H,13,14). The molecule has 2 aromatic heterocycles. The van der Waals surface area contributed by atoms with Gasteiger partial charge >= 0.3 is 0 Å². The summed E-state index contributed by atoms with van der Waals surface area (Å²) in [7, 11) is 0. The second kappa shape index (κ2) is 4.72. The number of hydrogen-bond donors (Lipinski definition) is 1. The minimum atomic E-state index is -0.218. The van der Waals surface area contributed by atoms with Crippen molar-refractivity contribution in [3.63, 3.8) is 0 Å². The topological polar surface area (TPSA) is 42.2 Å². The lowest BCUT2D eigenvalue weighted by molar-refractivity contribution is 0.0951. The first kappa shape index (κ1) is 11.2. The fourth-order valence-corrected chi connectivity index (χ4v) is 2.33. The van der Waals surface area contributed by atoms with Crippen molar-refractivity contribution in [2.75, 3.05) is 0 Å². The molecule has 0 atom stereocenters. The van der Waals surface area contributed by atoms with E-state index in [9.17, 15) is 4.79 Å². The van der Waals surface area contributed by atoms with E-state index in [2.05, 4.69) is 5.32 Å². The van der Waals surface area contributed by atoms with Crippen LogP contribution in [-0.2, 0) is 6.54 Å². The van der Waals surface area contributed by atoms with Crippen LogP contribution in [0.15, 0.2) is 28.9 Å². The minimum absolute atomic E-state index is 0.125. The quantitative estimate of drug-likeness (QED) is 0.915. The molecule has 2 heterocycles. The summed E-state index contributed by atoms with van der Waals surface area (Å²) in [5.41, 5.74) is 0.370. The number of hydrogen-bond acceptors (Lipinski definition) is 3. The zero-order valence-corrected chi connectivity index (χ0v) is 10.2. The van der Waals surface area contributed by atoms with E-state index in [0.29, 0.717) is 12.1 Å². The van der Waals surface area contributed by atoms with Crippen LogP contribution < -0.4 is 5.32 Å². The van der Waals surface area contributed by atoms with Gasteiger partial charge in [0, 0.05) is 9.75 Å². The molecule has 84 valence electrons. The maximum atomic E-state index is 11.7. The van der Waals surface area contributed by atoms with Crippen molar-refractivity contribution in [3.8, 4) is 0 Å². The van der Waals surface area contributed by atoms with Crippen molar-refractivity contribution >= 4 is 28.8 Å². The zero-order valence-electron chi connectivity index (χ0n) is 8.62. The van der Waals surface area contributed by atoms with Crippen molar-refractivity contribution in [2.45, 2.75) is 13.5 Å². The predicted molar refractivity (Wildman–Crippen MR) is 63.9 cm³/mol. The molecule has 0 aliphatic rings. The van der Waals surface area contributed by atoms with Gasteiger partial charge in [0.05, 0.1) is 18.4 Å². The summed E-state index contributed by atoms with van der Waals surface area (Å²) in [4.78, 5) is 14.0. The van der Waals surface area contributed by atoms with E-state index in [4.69, 9.17) is 16.0 Å². The minimum Gasteiger partial charge on any atom is -0.452 e. The first-order valence-electron chi connectivity index (χ1n) is 4.73. The number of halogens is 1. The van der Waals surface area contributed by atoms with Crippen LogP contribution in [0.25, 0.3) is 0 Å². The van der Waals surface area contributed by atoms with Crippen molar-refractivity contribution in [2.24, 2.45) is 0 Å². The van der Waals surface area contributed by atoms with E-state index >= 15 is 0 Å². The van der Waals surface area contributed by atoms with Crippen molar-refractivity contribution in [3.05, 3.63) is 45.0 Å². The van der Waals surface area contributed by atoms with Crippen molar-refractivity contribution in [1.29, 1.82) is 0 Å². The Morgan fingerprint density at radius 3 is 2.88 bits per heavy atom. The third-order valence-electron chi connectivity index (χ3n) is 2.08. The van der Waals surface area contributed by atoms with Gasteiger partial charge in [-0.25, -0.2) is 0 Å². The number of carbonyl (C=O) groups excluding carboxylic acids is 1. The molecule has 0 spiro atoms. The number of nitrogens with one attached hydrogen (secondary N) is 1. The molecule has 0 bridgehead atoms. The molecular formula is C11H10ClNO2S. The van der Waals surface area contributed by atoms with Crippen LogP contribution in [0, 0.1) is 6.92 Å². The predicted octanol–water partition coefficient (Wildman–Crippen LogP) is 3.23. The van der Waals surface area contributed by atoms with Crippen molar-refractivity contribution < 1.29 is 9.21 Å². The Balaban J connectivity index is 1.96. The Morgan fingerprint density at radius 2 is 2.31 bits per heavy atom. The van der Waals surface area contributed by atoms with Gasteiger partial charge in [-0.3, -0.25) is 4.79 Å². The van der Waals surface area contributed by atoms with E-state index in [1.165, 1.54) is 11.1 Å². The Bertz CT molecular complexity index is 504. The maximum Gasteiger partial charge on any atom is 0.256 e. The van der Waals surface area contributed by atoms with Gasteiger partial charge in [-0.15, -0.1) is 11.3 Å². The van der Waals surface area contributed by atoms with Gasteiger partial charge in [0.15, 0.2) is 0 Å². The number of thiophene rings is 1. The second-order valence-corrected chi connectivity index (χ2v) is 5.02. The average Bonchev–Trinajstić information content (AvgIpc) is 2.84. The summed E-state index contributed by atoms with van der Waals surface area (Å²) in [6, 6.07) is 5.57. The highest BCUT2D eigenvalue weighted by Crippen LogP contribution is 2.17. The van der Waals surface area contributed by atoms with E-state index in [0.717, 1.165) is 4.88 Å². The molecule has 0 fully saturated rings. The molecule has 0 radical (unpaired) electrons. The highest BCUT2D eigenvalue weighted by molar-refractivity contribution is 7.11. The molecule has 1 N–H and O–H groups in total. The molecule has 0 saturated carbocycles. The molecule has 0 unspecified atom stereocenters. The van der Waals surface area contributed by atoms with E-state index in [1.807, 2.05) is 19.1 Å². The van der Waals surface area contributed by atoms with Gasteiger partial charge in [0.25, 0.3) is 5.91 Å². The van der Waals surface area contributed by atoms with Crippen LogP contribution in [0.3, 0.4) is 0 Å². The number of aryl methyl sites for hydroxylation is 1. The monoisotopic (exact) mass is 255 g/mol. The molecule has 3 nitrogen and oxygen atoms in total. The van der Waals surface area contributed by atoms with E-state index in [-0.39, 0.29) is 11.1 Å². The van der Waals surface area contributed by atoms with Crippen LogP contribution in [-0.4, -0.2) is 5.91 Å². The molecular weight excluding hydrogens is 246 g/mol. The van der Waals surface area contributed by atoms with Crippen LogP contribution in [0.4, 0.5) is 0 Å². The summed E-state index contributed by atoms with van der Waals surface area (Å²) in [5.74, 6) is -0.218. The number of furan rings is 1. The molecule has 2 aromatic rings. The lowest BCUT2D eigenvalue weighted by atomic mass is 10.3. The summed E-state index contributed by atoms with van der Waals surface area (Å²) in [6.45, 7) is 2.54. The Kier molecular flexibility index (Phi) is 3.31. The van der Waals surface area contributed by atoms with Crippen molar-refractivity contribution in [1.82, 2.24) is 5.32 Å². The Morgan fingerprint density at radius 1 is 1.50 bits per heavy atom. The third kappa shape index (κ3) is 2.46. The first-order valence-corrected chi connectivity index (χ1v) is 5.93. The van der Waals surface area contributed by atoms with E-state index in [1.54, 1.807) is 17.4 Å². The normalized spacial score (nSPS) is 10.4. The van der Waals surface area contributed by atoms with Crippen LogP contribution in [0.5, 0.6) is 0 Å². The number of amides is 1. The first-order chi connectivity index (χ1) is 7.66. The van der Waals surface area contributed by atoms with Gasteiger partial charge in [0.2, 0.25) is 5.22 Å². The zero-order chi connectivity index (χ0) is 11.5. The molecule has 1 amide bonds. The Hall–Kier alpha value is -1.26. The Labute approximate surface area is 102 Å². The molecule has 0 saturated heterocycles. The summed E-state index contributed by atoms with van der Waals surface area (Å²) in [5, 5.41) is 2.91. The highest BCUT2D eigenvalue weighted by atomic mass is 35.5. The van der Waals surface area contributed by atoms with Gasteiger partial charge in [0.1, 0.15) is 0 Å². The number of carbonyl (C=O) groups is 1. The van der Waals surface area contributed by atoms with Gasteiger partial charge in [-0.1, -0.05) is 0 Å². The molecule has 2 rings (SSSR count). The largest absolute Gasteiger partial charge is 0.452 e. The average molecular weight is 256 g/mol. The molecule has 0 aliphatic carbocycles. The van der Waals surface area contributed by atoms with Gasteiger partial charge < -0.3 is 9.73 Å². The van der Waals surface area contributed by atoms with E-state index < -0.39 is 0 Å². The molecule has 0 aliphatic heterocycles. The van der Waals surface area contributed by atoms with Gasteiger partial charge in [-0.2, -0.15) is 0 Å². The molecule has 16 heavy (non-hydrogen) atoms. The second-order valence-electron chi connectivity index (χ2n) is 3.30. The fourth-order valence-electron chi connectivity index (χ4n) is 1.30. The SMILES string of the molecule is Cc1ccc(CNC(=O)c2ccoc2Cl)s1. The smallest absolute Gasteiger partial charge is 0.256 e. The maximum absolute atomic E-state index is 11.7. The van der Waals surface area contributed by atoms with Gasteiger partial charge in [-0.05, 0) is 36.7 Å². The molecule has 5 heteroatoms. The fraction of sp³-hybridized carbons (Fsp3) is 0.182. The lowest BCUT2D eigenvalue weighted by Crippen LogP contribution is -2.21. The summed E-state index contributed by atoms with van der Waals surface area (Å²) >= 11 is 7.36. The molecule has 0 aromatic carbocycles. The third-order valence-corrected chi connectivity index (χ3v) is 3.38. The highest BCUT2D eigenvalue weighted by Gasteiger charge is 2.12.